The van der Waals surface area contributed by atoms with Crippen molar-refractivity contribution in [3.63, 3.8) is 0 Å². The molecular weight excluding hydrogens is 422 g/mol. The highest BCUT2D eigenvalue weighted by Gasteiger charge is 2.38. The summed E-state index contributed by atoms with van der Waals surface area (Å²) < 4.78 is 0. The molecule has 0 bridgehead atoms. The van der Waals surface area contributed by atoms with Crippen molar-refractivity contribution in [2.45, 2.75) is 12.5 Å². The highest BCUT2D eigenvalue weighted by atomic mass is 35.5. The fourth-order valence-corrected chi connectivity index (χ4v) is 3.58. The molecule has 0 spiro atoms. The molecule has 162 valence electrons. The Labute approximate surface area is 184 Å². The first-order valence-electron chi connectivity index (χ1n) is 9.40. The van der Waals surface area contributed by atoms with E-state index < -0.39 is 23.8 Å². The number of aliphatic carboxylic acids is 1. The van der Waals surface area contributed by atoms with Crippen LogP contribution in [0.3, 0.4) is 0 Å². The lowest BCUT2D eigenvalue weighted by Crippen LogP contribution is -2.59. The van der Waals surface area contributed by atoms with Crippen LogP contribution in [-0.4, -0.2) is 46.9 Å². The highest BCUT2D eigenvalue weighted by molar-refractivity contribution is 6.31. The fraction of sp³-hybridized carbons (Fsp3) is 0.190. The first-order valence-corrected chi connectivity index (χ1v) is 9.78. The van der Waals surface area contributed by atoms with E-state index in [0.29, 0.717) is 16.4 Å². The van der Waals surface area contributed by atoms with Crippen molar-refractivity contribution < 1.29 is 19.5 Å². The molecular formula is C21H22ClN5O4. The number of carboxylic acids is 1. The number of nitrogens with zero attached hydrogens (tertiary/aromatic N) is 3. The number of hydrogen-bond acceptors (Lipinski definition) is 6. The average molecular weight is 444 g/mol. The van der Waals surface area contributed by atoms with Gasteiger partial charge in [-0.1, -0.05) is 41.9 Å². The second-order valence-electron chi connectivity index (χ2n) is 6.93. The molecule has 1 saturated heterocycles. The molecule has 5 N–H and O–H groups in total. The predicted octanol–water partition coefficient (Wildman–Crippen LogP) is 1.32. The number of benzene rings is 2. The molecule has 3 rings (SSSR count). The van der Waals surface area contributed by atoms with Crippen molar-refractivity contribution in [2.75, 3.05) is 23.0 Å². The van der Waals surface area contributed by atoms with Crippen LogP contribution in [0.2, 0.25) is 5.02 Å². The minimum absolute atomic E-state index is 0.0927. The molecule has 0 aromatic heterocycles. The van der Waals surface area contributed by atoms with Crippen molar-refractivity contribution in [3.05, 3.63) is 71.5 Å². The van der Waals surface area contributed by atoms with Crippen LogP contribution in [0.1, 0.15) is 5.56 Å². The molecule has 0 aliphatic carbocycles. The normalized spacial score (nSPS) is 15.4. The van der Waals surface area contributed by atoms with E-state index in [4.69, 9.17) is 23.2 Å². The van der Waals surface area contributed by atoms with Gasteiger partial charge in [-0.2, -0.15) is 0 Å². The molecule has 2 aromatic rings. The van der Waals surface area contributed by atoms with Crippen LogP contribution in [0.4, 0.5) is 11.4 Å². The summed E-state index contributed by atoms with van der Waals surface area (Å²) in [5.74, 6) is 3.83. The van der Waals surface area contributed by atoms with Crippen LogP contribution in [0.5, 0.6) is 0 Å². The lowest BCUT2D eigenvalue weighted by atomic mass is 10.0. The summed E-state index contributed by atoms with van der Waals surface area (Å²) in [5, 5.41) is 11.3. The molecule has 1 aliphatic heterocycles. The highest BCUT2D eigenvalue weighted by Crippen LogP contribution is 2.33. The third-order valence-electron chi connectivity index (χ3n) is 4.91. The molecule has 1 heterocycles. The molecule has 31 heavy (non-hydrogen) atoms. The van der Waals surface area contributed by atoms with Gasteiger partial charge < -0.3 is 15.7 Å². The number of carbonyl (C=O) groups is 3. The number of anilines is 2. The molecule has 9 nitrogen and oxygen atoms in total. The largest absolute Gasteiger partial charge is 0.480 e. The molecule has 2 aromatic carbocycles. The first-order chi connectivity index (χ1) is 14.8. The first kappa shape index (κ1) is 22.1. The van der Waals surface area contributed by atoms with Gasteiger partial charge in [0, 0.05) is 23.8 Å². The predicted molar refractivity (Wildman–Crippen MR) is 117 cm³/mol. The minimum atomic E-state index is -1.18. The maximum Gasteiger partial charge on any atom is 0.326 e. The van der Waals surface area contributed by atoms with Crippen LogP contribution < -0.4 is 21.5 Å². The van der Waals surface area contributed by atoms with Gasteiger partial charge in [-0.25, -0.2) is 10.6 Å². The monoisotopic (exact) mass is 443 g/mol. The van der Waals surface area contributed by atoms with Gasteiger partial charge in [0.05, 0.1) is 11.4 Å². The third-order valence-corrected chi connectivity index (χ3v) is 5.14. The zero-order chi connectivity index (χ0) is 22.5. The van der Waals surface area contributed by atoms with Gasteiger partial charge in [-0.15, -0.1) is 0 Å². The van der Waals surface area contributed by atoms with Crippen molar-refractivity contribution in [1.29, 1.82) is 0 Å². The molecule has 2 amide bonds. The van der Waals surface area contributed by atoms with Gasteiger partial charge >= 0.3 is 5.97 Å². The Hall–Kier alpha value is -3.56. The maximum atomic E-state index is 13.0. The molecule has 1 fully saturated rings. The van der Waals surface area contributed by atoms with Crippen LogP contribution >= 0.6 is 11.6 Å². The molecule has 1 unspecified atom stereocenters. The second-order valence-corrected chi connectivity index (χ2v) is 7.36. The summed E-state index contributed by atoms with van der Waals surface area (Å²) >= 11 is 6.10. The minimum Gasteiger partial charge on any atom is -0.480 e. The number of hydrogen-bond donors (Lipinski definition) is 3. The van der Waals surface area contributed by atoms with Gasteiger partial charge in [0.15, 0.2) is 0 Å². The van der Waals surface area contributed by atoms with Crippen LogP contribution in [0, 0.1) is 0 Å². The summed E-state index contributed by atoms with van der Waals surface area (Å²) in [6, 6.07) is 12.5. The summed E-state index contributed by atoms with van der Waals surface area (Å²) in [4.78, 5) is 40.1. The van der Waals surface area contributed by atoms with E-state index >= 15 is 0 Å². The molecule has 1 atom stereocenters. The van der Waals surface area contributed by atoms with Gasteiger partial charge in [0.1, 0.15) is 19.1 Å². The number of amides is 2. The average Bonchev–Trinajstić information content (AvgIpc) is 2.74. The number of carboxylic acid groups (broad SMARTS) is 1. The van der Waals surface area contributed by atoms with Gasteiger partial charge in [0.25, 0.3) is 0 Å². The number of halogens is 1. The summed E-state index contributed by atoms with van der Waals surface area (Å²) in [7, 11) is 0. The number of rotatable bonds is 7. The summed E-state index contributed by atoms with van der Waals surface area (Å²) in [5.41, 5.74) is 6.87. The maximum absolute atomic E-state index is 13.0. The van der Waals surface area contributed by atoms with Gasteiger partial charge in [-0.3, -0.25) is 19.5 Å². The standard InChI is InChI=1S/C21H22ClN5O4/c22-15-6-7-16(27(24)9-8-23)17(11-15)25-12-20(29)26(13-19(25)28)18(21(30)31)10-14-4-2-1-3-5-14/h1-9,11,18H,10,12-13,23-24H2,(H,30,31)/b9-8-. The Morgan fingerprint density at radius 2 is 1.87 bits per heavy atom. The van der Waals surface area contributed by atoms with Crippen molar-refractivity contribution in [2.24, 2.45) is 11.6 Å². The van der Waals surface area contributed by atoms with Crippen LogP contribution in [0.25, 0.3) is 0 Å². The fourth-order valence-electron chi connectivity index (χ4n) is 3.41. The van der Waals surface area contributed by atoms with E-state index in [-0.39, 0.29) is 19.5 Å². The van der Waals surface area contributed by atoms with E-state index in [2.05, 4.69) is 0 Å². The van der Waals surface area contributed by atoms with Gasteiger partial charge in [0.2, 0.25) is 11.8 Å². The van der Waals surface area contributed by atoms with E-state index in [1.165, 1.54) is 28.4 Å². The smallest absolute Gasteiger partial charge is 0.326 e. The van der Waals surface area contributed by atoms with E-state index in [9.17, 15) is 19.5 Å². The number of carbonyl (C=O) groups excluding carboxylic acids is 2. The molecule has 1 aliphatic rings. The second kappa shape index (κ2) is 9.50. The Kier molecular flexibility index (Phi) is 6.78. The summed E-state index contributed by atoms with van der Waals surface area (Å²) in [6.45, 7) is -0.725. The topological polar surface area (TPSA) is 133 Å². The van der Waals surface area contributed by atoms with Crippen molar-refractivity contribution >= 4 is 40.8 Å². The molecule has 0 saturated carbocycles. The Balaban J connectivity index is 1.88. The summed E-state index contributed by atoms with van der Waals surface area (Å²) in [6.07, 6.45) is 2.70. The van der Waals surface area contributed by atoms with E-state index in [1.807, 2.05) is 6.07 Å². The SMILES string of the molecule is N/C=C\N(N)c1ccc(Cl)cc1N1CC(=O)N(C(Cc2ccccc2)C(=O)O)CC1=O. The quantitative estimate of drug-likeness (QED) is 0.434. The lowest BCUT2D eigenvalue weighted by molar-refractivity contribution is -0.152. The zero-order valence-electron chi connectivity index (χ0n) is 16.5. The van der Waals surface area contributed by atoms with Crippen molar-refractivity contribution in [1.82, 2.24) is 4.90 Å². The third kappa shape index (κ3) is 4.96. The van der Waals surface area contributed by atoms with E-state index in [1.54, 1.807) is 36.4 Å². The number of hydrazine groups is 1. The Morgan fingerprint density at radius 3 is 2.52 bits per heavy atom. The zero-order valence-corrected chi connectivity index (χ0v) is 17.3. The van der Waals surface area contributed by atoms with E-state index in [0.717, 1.165) is 10.5 Å². The Bertz CT molecular complexity index is 1010. The van der Waals surface area contributed by atoms with Crippen molar-refractivity contribution in [3.8, 4) is 0 Å². The van der Waals surface area contributed by atoms with Crippen LogP contribution in [-0.2, 0) is 20.8 Å². The van der Waals surface area contributed by atoms with Gasteiger partial charge in [-0.05, 0) is 23.8 Å². The number of nitrogens with two attached hydrogens (primary N) is 2. The number of piperazine rings is 1. The lowest BCUT2D eigenvalue weighted by Gasteiger charge is -2.38. The molecule has 10 heteroatoms. The molecule has 0 radical (unpaired) electrons. The van der Waals surface area contributed by atoms with Crippen LogP contribution in [0.15, 0.2) is 60.9 Å². The Morgan fingerprint density at radius 1 is 1.16 bits per heavy atom.